The monoisotopic (exact) mass is 290 g/mol. The predicted molar refractivity (Wildman–Crippen MR) is 86.3 cm³/mol. The van der Waals surface area contributed by atoms with Crippen molar-refractivity contribution in [3.8, 4) is 0 Å². The first-order chi connectivity index (χ1) is 10.1. The van der Waals surface area contributed by atoms with Gasteiger partial charge in [-0.3, -0.25) is 4.68 Å². The summed E-state index contributed by atoms with van der Waals surface area (Å²) >= 11 is 0. The minimum absolute atomic E-state index is 0.532. The van der Waals surface area contributed by atoms with Gasteiger partial charge in [0, 0.05) is 36.9 Å². The molecule has 1 aromatic rings. The van der Waals surface area contributed by atoms with E-state index in [0.29, 0.717) is 12.1 Å². The third-order valence-electron chi connectivity index (χ3n) is 5.02. The van der Waals surface area contributed by atoms with Gasteiger partial charge in [-0.05, 0) is 51.1 Å². The fraction of sp³-hybridized carbons (Fsp3) is 0.824. The minimum Gasteiger partial charge on any atom is -0.307 e. The quantitative estimate of drug-likeness (QED) is 0.925. The molecule has 0 saturated carbocycles. The van der Waals surface area contributed by atoms with Crippen molar-refractivity contribution in [2.75, 3.05) is 19.6 Å². The zero-order valence-corrected chi connectivity index (χ0v) is 13.8. The van der Waals surface area contributed by atoms with Crippen molar-refractivity contribution in [2.24, 2.45) is 13.0 Å². The van der Waals surface area contributed by atoms with Gasteiger partial charge in [0.2, 0.25) is 0 Å². The lowest BCUT2D eigenvalue weighted by molar-refractivity contribution is 0.172. The number of hydrogen-bond donors (Lipinski definition) is 1. The first-order valence-corrected chi connectivity index (χ1v) is 8.62. The van der Waals surface area contributed by atoms with Gasteiger partial charge in [-0.2, -0.15) is 5.10 Å². The molecule has 4 heteroatoms. The number of nitrogens with one attached hydrogen (secondary N) is 1. The van der Waals surface area contributed by atoms with Crippen LogP contribution in [0, 0.1) is 5.92 Å². The molecule has 1 fully saturated rings. The molecular formula is C17H30N4. The first-order valence-electron chi connectivity index (χ1n) is 8.62. The summed E-state index contributed by atoms with van der Waals surface area (Å²) in [6.45, 7) is 8.39. The molecule has 4 nitrogen and oxygen atoms in total. The number of fused-ring (bicyclic) bond motifs is 1. The van der Waals surface area contributed by atoms with Crippen LogP contribution < -0.4 is 5.32 Å². The topological polar surface area (TPSA) is 33.1 Å². The van der Waals surface area contributed by atoms with Crippen LogP contribution in [0.1, 0.15) is 56.8 Å². The molecule has 1 aromatic heterocycles. The smallest absolute Gasteiger partial charge is 0.0540 e. The van der Waals surface area contributed by atoms with E-state index >= 15 is 0 Å². The molecular weight excluding hydrogens is 260 g/mol. The van der Waals surface area contributed by atoms with E-state index in [0.717, 1.165) is 5.92 Å². The van der Waals surface area contributed by atoms with Gasteiger partial charge in [0.1, 0.15) is 0 Å². The highest BCUT2D eigenvalue weighted by Gasteiger charge is 2.27. The van der Waals surface area contributed by atoms with E-state index in [2.05, 4.69) is 47.1 Å². The SMILES string of the molecule is CC(C)CN1CCC(NC2CCCc3c2cnn3C)CC1. The summed E-state index contributed by atoms with van der Waals surface area (Å²) in [6.07, 6.45) is 8.41. The van der Waals surface area contributed by atoms with Gasteiger partial charge in [0.05, 0.1) is 6.20 Å². The molecule has 1 aliphatic carbocycles. The van der Waals surface area contributed by atoms with E-state index in [4.69, 9.17) is 0 Å². The molecule has 2 heterocycles. The summed E-state index contributed by atoms with van der Waals surface area (Å²) in [7, 11) is 2.08. The zero-order chi connectivity index (χ0) is 14.8. The Kier molecular flexibility index (Phi) is 4.65. The summed E-state index contributed by atoms with van der Waals surface area (Å²) in [5, 5.41) is 8.38. The maximum atomic E-state index is 4.45. The molecule has 0 spiro atoms. The van der Waals surface area contributed by atoms with Crippen LogP contribution in [0.25, 0.3) is 0 Å². The number of piperidine rings is 1. The fourth-order valence-corrected chi connectivity index (χ4v) is 3.96. The van der Waals surface area contributed by atoms with Crippen molar-refractivity contribution < 1.29 is 0 Å². The Hall–Kier alpha value is -0.870. The number of aryl methyl sites for hydroxylation is 1. The van der Waals surface area contributed by atoms with Crippen molar-refractivity contribution in [2.45, 2.75) is 58.0 Å². The molecule has 0 bridgehead atoms. The largest absolute Gasteiger partial charge is 0.307 e. The Morgan fingerprint density at radius 2 is 2.05 bits per heavy atom. The van der Waals surface area contributed by atoms with Gasteiger partial charge < -0.3 is 10.2 Å². The van der Waals surface area contributed by atoms with E-state index in [-0.39, 0.29) is 0 Å². The van der Waals surface area contributed by atoms with Crippen LogP contribution in [-0.2, 0) is 13.5 Å². The first kappa shape index (κ1) is 15.0. The number of likely N-dealkylation sites (tertiary alicyclic amines) is 1. The van der Waals surface area contributed by atoms with Crippen LogP contribution >= 0.6 is 0 Å². The predicted octanol–water partition coefficient (Wildman–Crippen LogP) is 2.51. The van der Waals surface area contributed by atoms with Gasteiger partial charge in [0.15, 0.2) is 0 Å². The summed E-state index contributed by atoms with van der Waals surface area (Å²) in [4.78, 5) is 2.62. The van der Waals surface area contributed by atoms with Crippen LogP contribution in [0.15, 0.2) is 6.20 Å². The van der Waals surface area contributed by atoms with Gasteiger partial charge >= 0.3 is 0 Å². The second kappa shape index (κ2) is 6.49. The van der Waals surface area contributed by atoms with E-state index < -0.39 is 0 Å². The summed E-state index contributed by atoms with van der Waals surface area (Å²) < 4.78 is 2.06. The van der Waals surface area contributed by atoms with Crippen molar-refractivity contribution in [3.63, 3.8) is 0 Å². The maximum Gasteiger partial charge on any atom is 0.0540 e. The lowest BCUT2D eigenvalue weighted by Gasteiger charge is -2.36. The molecule has 0 aromatic carbocycles. The average molecular weight is 290 g/mol. The Bertz CT molecular complexity index is 457. The van der Waals surface area contributed by atoms with Crippen molar-refractivity contribution in [1.82, 2.24) is 20.0 Å². The Morgan fingerprint density at radius 1 is 1.29 bits per heavy atom. The molecule has 1 saturated heterocycles. The lowest BCUT2D eigenvalue weighted by atomic mass is 9.91. The molecule has 1 N–H and O–H groups in total. The zero-order valence-electron chi connectivity index (χ0n) is 13.8. The van der Waals surface area contributed by atoms with Crippen molar-refractivity contribution >= 4 is 0 Å². The molecule has 0 radical (unpaired) electrons. The highest BCUT2D eigenvalue weighted by molar-refractivity contribution is 5.24. The highest BCUT2D eigenvalue weighted by atomic mass is 15.3. The molecule has 3 rings (SSSR count). The van der Waals surface area contributed by atoms with Crippen molar-refractivity contribution in [1.29, 1.82) is 0 Å². The van der Waals surface area contributed by atoms with Gasteiger partial charge in [-0.1, -0.05) is 13.8 Å². The van der Waals surface area contributed by atoms with Gasteiger partial charge in [-0.25, -0.2) is 0 Å². The maximum absolute atomic E-state index is 4.45. The van der Waals surface area contributed by atoms with E-state index in [1.165, 1.54) is 63.0 Å². The van der Waals surface area contributed by atoms with E-state index in [9.17, 15) is 0 Å². The third kappa shape index (κ3) is 3.49. The number of aromatic nitrogens is 2. The summed E-state index contributed by atoms with van der Waals surface area (Å²) in [5.41, 5.74) is 2.89. The molecule has 2 aliphatic rings. The highest BCUT2D eigenvalue weighted by Crippen LogP contribution is 2.30. The van der Waals surface area contributed by atoms with Crippen LogP contribution in [0.2, 0.25) is 0 Å². The molecule has 118 valence electrons. The second-order valence-corrected chi connectivity index (χ2v) is 7.25. The second-order valence-electron chi connectivity index (χ2n) is 7.25. The Morgan fingerprint density at radius 3 is 2.76 bits per heavy atom. The van der Waals surface area contributed by atoms with Crippen molar-refractivity contribution in [3.05, 3.63) is 17.5 Å². The van der Waals surface area contributed by atoms with Crippen LogP contribution in [0.4, 0.5) is 0 Å². The molecule has 21 heavy (non-hydrogen) atoms. The van der Waals surface area contributed by atoms with E-state index in [1.54, 1.807) is 0 Å². The Labute approximate surface area is 128 Å². The molecule has 0 amide bonds. The average Bonchev–Trinajstić information content (AvgIpc) is 2.83. The van der Waals surface area contributed by atoms with Gasteiger partial charge in [0.25, 0.3) is 0 Å². The minimum atomic E-state index is 0.532. The summed E-state index contributed by atoms with van der Waals surface area (Å²) in [5.74, 6) is 0.783. The number of nitrogens with zero attached hydrogens (tertiary/aromatic N) is 3. The molecule has 1 aliphatic heterocycles. The molecule has 1 unspecified atom stereocenters. The molecule has 1 atom stereocenters. The fourth-order valence-electron chi connectivity index (χ4n) is 3.96. The van der Waals surface area contributed by atoms with Crippen LogP contribution in [-0.4, -0.2) is 40.4 Å². The number of rotatable bonds is 4. The summed E-state index contributed by atoms with van der Waals surface area (Å²) in [6, 6.07) is 1.22. The number of hydrogen-bond acceptors (Lipinski definition) is 3. The Balaban J connectivity index is 1.54. The third-order valence-corrected chi connectivity index (χ3v) is 5.02. The van der Waals surface area contributed by atoms with Crippen LogP contribution in [0.3, 0.4) is 0 Å². The lowest BCUT2D eigenvalue weighted by Crippen LogP contribution is -2.45. The van der Waals surface area contributed by atoms with Gasteiger partial charge in [-0.15, -0.1) is 0 Å². The normalized spacial score (nSPS) is 24.5. The van der Waals surface area contributed by atoms with E-state index in [1.807, 2.05) is 0 Å². The standard InChI is InChI=1S/C17H30N4/c1-13(2)12-21-9-7-14(8-10-21)19-16-5-4-6-17-15(16)11-18-20(17)3/h11,13-14,16,19H,4-10,12H2,1-3H3. The van der Waals surface area contributed by atoms with Crippen LogP contribution in [0.5, 0.6) is 0 Å².